The minimum atomic E-state index is -4.40. The number of rotatable bonds is 7. The summed E-state index contributed by atoms with van der Waals surface area (Å²) in [6.07, 6.45) is 1.64. The van der Waals surface area contributed by atoms with E-state index in [1.54, 1.807) is 12.3 Å². The van der Waals surface area contributed by atoms with Crippen LogP contribution in [-0.2, 0) is 4.74 Å². The molecule has 5 rings (SSSR count). The van der Waals surface area contributed by atoms with Crippen molar-refractivity contribution in [2.24, 2.45) is 0 Å². The monoisotopic (exact) mass is 490 g/mol. The van der Waals surface area contributed by atoms with Crippen molar-refractivity contribution in [2.75, 3.05) is 11.9 Å². The van der Waals surface area contributed by atoms with Crippen molar-refractivity contribution >= 4 is 11.6 Å². The lowest BCUT2D eigenvalue weighted by molar-refractivity contribution is -0.196. The maximum Gasteiger partial charge on any atom is 0.411 e. The zero-order valence-electron chi connectivity index (χ0n) is 17.9. The van der Waals surface area contributed by atoms with Gasteiger partial charge in [0.2, 0.25) is 0 Å². The molecule has 0 bridgehead atoms. The van der Waals surface area contributed by atoms with Crippen LogP contribution in [0.1, 0.15) is 29.4 Å². The number of nitrogens with zero attached hydrogens (tertiary/aromatic N) is 4. The Morgan fingerprint density at radius 3 is 2.80 bits per heavy atom. The average Bonchev–Trinajstić information content (AvgIpc) is 3.53. The molecule has 0 unspecified atom stereocenters. The van der Waals surface area contributed by atoms with E-state index < -0.39 is 30.6 Å². The van der Waals surface area contributed by atoms with Crippen molar-refractivity contribution < 1.29 is 31.5 Å². The van der Waals surface area contributed by atoms with Crippen LogP contribution < -0.4 is 5.32 Å². The highest BCUT2D eigenvalue weighted by Crippen LogP contribution is 2.38. The second kappa shape index (κ2) is 8.98. The number of ether oxygens (including phenoxy) is 1. The number of nitrogens with one attached hydrogen (secondary N) is 2. The Bertz CT molecular complexity index is 1330. The van der Waals surface area contributed by atoms with E-state index in [0.717, 1.165) is 0 Å². The fraction of sp³-hybridized carbons (Fsp3) is 0.273. The molecule has 1 amide bonds. The zero-order valence-corrected chi connectivity index (χ0v) is 17.9. The van der Waals surface area contributed by atoms with Crippen molar-refractivity contribution in [3.63, 3.8) is 0 Å². The van der Waals surface area contributed by atoms with Gasteiger partial charge in [-0.15, -0.1) is 0 Å². The van der Waals surface area contributed by atoms with Gasteiger partial charge >= 0.3 is 6.18 Å². The van der Waals surface area contributed by atoms with Gasteiger partial charge in [-0.3, -0.25) is 19.6 Å². The second-order valence-electron chi connectivity index (χ2n) is 7.98. The first-order valence-corrected chi connectivity index (χ1v) is 10.6. The molecule has 13 heteroatoms. The summed E-state index contributed by atoms with van der Waals surface area (Å²) in [6, 6.07) is 5.44. The number of amides is 1. The number of halogens is 4. The smallest absolute Gasteiger partial charge is 0.411 e. The van der Waals surface area contributed by atoms with Crippen LogP contribution in [0.25, 0.3) is 22.7 Å². The molecule has 0 saturated heterocycles. The molecule has 4 aromatic heterocycles. The van der Waals surface area contributed by atoms with E-state index in [0.29, 0.717) is 24.2 Å². The first kappa shape index (κ1) is 22.8. The van der Waals surface area contributed by atoms with Crippen LogP contribution in [0, 0.1) is 5.82 Å². The van der Waals surface area contributed by atoms with Gasteiger partial charge in [0.25, 0.3) is 5.91 Å². The summed E-state index contributed by atoms with van der Waals surface area (Å²) < 4.78 is 63.6. The first-order valence-electron chi connectivity index (χ1n) is 10.6. The molecule has 35 heavy (non-hydrogen) atoms. The lowest BCUT2D eigenvalue weighted by atomic mass is 9.89. The third-order valence-corrected chi connectivity index (χ3v) is 5.50. The summed E-state index contributed by atoms with van der Waals surface area (Å²) in [4.78, 5) is 16.9. The van der Waals surface area contributed by atoms with E-state index in [4.69, 9.17) is 9.15 Å². The molecule has 0 aromatic carbocycles. The van der Waals surface area contributed by atoms with Crippen molar-refractivity contribution in [1.29, 1.82) is 0 Å². The number of carbonyl (C=O) groups is 1. The van der Waals surface area contributed by atoms with Crippen molar-refractivity contribution in [1.82, 2.24) is 25.0 Å². The molecule has 1 fully saturated rings. The number of aromatic nitrogens is 5. The molecule has 9 nitrogen and oxygen atoms in total. The minimum Gasteiger partial charge on any atom is -0.451 e. The summed E-state index contributed by atoms with van der Waals surface area (Å²) in [7, 11) is 0. The topological polar surface area (TPSA) is 111 Å². The number of hydrogen-bond donors (Lipinski definition) is 2. The maximum absolute atomic E-state index is 14.5. The summed E-state index contributed by atoms with van der Waals surface area (Å²) in [5.74, 6) is -0.814. The standard InChI is InChI=1S/C22H18F4N6O3/c23-15-2-1-5-27-19(15)20-16(10-32(31-20)13-6-14(7-13)34-11-22(24,25)26)30-21(33)18-4-3-17(35-18)12-8-28-29-9-12/h1-5,8-10,13-14H,6-7,11H2,(H,28,29)(H,30,33). The van der Waals surface area contributed by atoms with Gasteiger partial charge in [-0.25, -0.2) is 4.39 Å². The van der Waals surface area contributed by atoms with E-state index in [2.05, 4.69) is 25.6 Å². The predicted octanol–water partition coefficient (Wildman–Crippen LogP) is 4.60. The van der Waals surface area contributed by atoms with E-state index in [1.165, 1.54) is 41.5 Å². The molecule has 4 aromatic rings. The number of carbonyl (C=O) groups excluding carboxylic acids is 1. The molecule has 1 aliphatic rings. The third-order valence-electron chi connectivity index (χ3n) is 5.50. The molecule has 1 saturated carbocycles. The van der Waals surface area contributed by atoms with Crippen LogP contribution in [0.4, 0.5) is 23.2 Å². The number of furan rings is 1. The third kappa shape index (κ3) is 4.94. The van der Waals surface area contributed by atoms with Gasteiger partial charge in [-0.1, -0.05) is 0 Å². The molecular formula is C22H18F4N6O3. The Labute approximate surface area is 195 Å². The van der Waals surface area contributed by atoms with Gasteiger partial charge < -0.3 is 14.5 Å². The van der Waals surface area contributed by atoms with Crippen molar-refractivity contribution in [3.05, 3.63) is 60.6 Å². The number of hydrogen-bond acceptors (Lipinski definition) is 6. The molecule has 0 radical (unpaired) electrons. The summed E-state index contributed by atoms with van der Waals surface area (Å²) >= 11 is 0. The lowest BCUT2D eigenvalue weighted by Crippen LogP contribution is -2.36. The molecule has 0 spiro atoms. The summed E-state index contributed by atoms with van der Waals surface area (Å²) in [5.41, 5.74) is 0.830. The van der Waals surface area contributed by atoms with E-state index in [-0.39, 0.29) is 28.9 Å². The Kier molecular flexibility index (Phi) is 5.84. The van der Waals surface area contributed by atoms with E-state index in [1.807, 2.05) is 0 Å². The highest BCUT2D eigenvalue weighted by Gasteiger charge is 2.37. The lowest BCUT2D eigenvalue weighted by Gasteiger charge is -2.35. The van der Waals surface area contributed by atoms with Gasteiger partial charge in [-0.2, -0.15) is 23.4 Å². The number of H-pyrrole nitrogens is 1. The van der Waals surface area contributed by atoms with Gasteiger partial charge in [-0.05, 0) is 37.1 Å². The number of anilines is 1. The fourth-order valence-corrected chi connectivity index (χ4v) is 3.69. The molecule has 0 atom stereocenters. The Balaban J connectivity index is 1.36. The number of alkyl halides is 3. The zero-order chi connectivity index (χ0) is 24.6. The van der Waals surface area contributed by atoms with Gasteiger partial charge in [0.05, 0.1) is 29.6 Å². The van der Waals surface area contributed by atoms with Crippen LogP contribution in [0.3, 0.4) is 0 Å². The van der Waals surface area contributed by atoms with Crippen LogP contribution in [0.2, 0.25) is 0 Å². The number of pyridine rings is 1. The maximum atomic E-state index is 14.5. The van der Waals surface area contributed by atoms with Gasteiger partial charge in [0, 0.05) is 18.6 Å². The average molecular weight is 490 g/mol. The van der Waals surface area contributed by atoms with Crippen LogP contribution in [0.5, 0.6) is 0 Å². The minimum absolute atomic E-state index is 0.00523. The highest BCUT2D eigenvalue weighted by atomic mass is 19.4. The molecule has 182 valence electrons. The summed E-state index contributed by atoms with van der Waals surface area (Å²) in [6.45, 7) is -1.32. The van der Waals surface area contributed by atoms with E-state index >= 15 is 0 Å². The molecule has 4 heterocycles. The number of aromatic amines is 1. The Morgan fingerprint density at radius 1 is 1.26 bits per heavy atom. The molecule has 0 aliphatic heterocycles. The predicted molar refractivity (Wildman–Crippen MR) is 114 cm³/mol. The first-order chi connectivity index (χ1) is 16.8. The van der Waals surface area contributed by atoms with Crippen molar-refractivity contribution in [3.8, 4) is 22.7 Å². The second-order valence-corrected chi connectivity index (χ2v) is 7.98. The highest BCUT2D eigenvalue weighted by molar-refractivity contribution is 6.04. The van der Waals surface area contributed by atoms with E-state index in [9.17, 15) is 22.4 Å². The largest absolute Gasteiger partial charge is 0.451 e. The van der Waals surface area contributed by atoms with Gasteiger partial charge in [0.15, 0.2) is 11.6 Å². The fourth-order valence-electron chi connectivity index (χ4n) is 3.69. The molecule has 1 aliphatic carbocycles. The van der Waals surface area contributed by atoms with Crippen LogP contribution >= 0.6 is 0 Å². The Morgan fingerprint density at radius 2 is 2.09 bits per heavy atom. The van der Waals surface area contributed by atoms with Crippen molar-refractivity contribution in [2.45, 2.75) is 31.2 Å². The Hall–Kier alpha value is -4.00. The molecular weight excluding hydrogens is 472 g/mol. The normalized spacial score (nSPS) is 17.8. The quantitative estimate of drug-likeness (QED) is 0.366. The van der Waals surface area contributed by atoms with Crippen LogP contribution in [-0.4, -0.2) is 49.8 Å². The summed E-state index contributed by atoms with van der Waals surface area (Å²) in [5, 5.41) is 13.5. The SMILES string of the molecule is O=C(Nc1cn(C2CC(OCC(F)(F)F)C2)nc1-c1ncccc1F)c1ccc(-c2cn[nH]c2)o1. The van der Waals surface area contributed by atoms with Gasteiger partial charge in [0.1, 0.15) is 23.8 Å². The molecule has 2 N–H and O–H groups in total. The van der Waals surface area contributed by atoms with Crippen LogP contribution in [0.15, 0.2) is 53.5 Å².